The summed E-state index contributed by atoms with van der Waals surface area (Å²) in [6.07, 6.45) is 2.44. The zero-order valence-electron chi connectivity index (χ0n) is 14.9. The number of nitrogens with zero attached hydrogens (tertiary/aromatic N) is 3. The predicted molar refractivity (Wildman–Crippen MR) is 95.6 cm³/mol. The molecule has 8 heteroatoms. The third-order valence-electron chi connectivity index (χ3n) is 4.87. The molecule has 8 nitrogen and oxygen atoms in total. The summed E-state index contributed by atoms with van der Waals surface area (Å²) in [6.45, 7) is 0.419. The van der Waals surface area contributed by atoms with Gasteiger partial charge in [0.25, 0.3) is 5.56 Å². The first-order valence-corrected chi connectivity index (χ1v) is 8.49. The molecule has 0 bridgehead atoms. The van der Waals surface area contributed by atoms with E-state index in [1.54, 1.807) is 25.2 Å². The Morgan fingerprint density at radius 1 is 1.35 bits per heavy atom. The summed E-state index contributed by atoms with van der Waals surface area (Å²) >= 11 is 0. The number of para-hydroxylation sites is 2. The number of carbonyl (C=O) groups excluding carboxylic acids is 2. The van der Waals surface area contributed by atoms with E-state index in [0.717, 1.165) is 0 Å². The normalized spacial score (nSPS) is 19.7. The second-order valence-corrected chi connectivity index (χ2v) is 6.36. The number of ether oxygens (including phenoxy) is 1. The maximum Gasteiger partial charge on any atom is 0.269 e. The number of benzene rings is 1. The SMILES string of the molecule is CNC(=O)C1(COC)CCCN1C(=O)Cn1c(=O)cnc2ccccc21. The number of fused-ring (bicyclic) bond motifs is 1. The first-order valence-electron chi connectivity index (χ1n) is 8.49. The summed E-state index contributed by atoms with van der Waals surface area (Å²) < 4.78 is 6.64. The number of rotatable bonds is 5. The van der Waals surface area contributed by atoms with Crippen molar-refractivity contribution >= 4 is 22.8 Å². The Bertz CT molecular complexity index is 894. The standard InChI is InChI=1S/C18H22N4O4/c1-19-17(25)18(12-26-2)8-5-9-22(18)16(24)11-21-14-7-4-3-6-13(14)20-10-15(21)23/h3-4,6-7,10H,5,8-9,11-12H2,1-2H3,(H,19,25). The number of hydrogen-bond acceptors (Lipinski definition) is 5. The maximum absolute atomic E-state index is 13.0. The van der Waals surface area contributed by atoms with E-state index in [-0.39, 0.29) is 30.5 Å². The molecule has 1 saturated heterocycles. The van der Waals surface area contributed by atoms with Crippen molar-refractivity contribution in [1.82, 2.24) is 19.8 Å². The van der Waals surface area contributed by atoms with Crippen molar-refractivity contribution in [1.29, 1.82) is 0 Å². The van der Waals surface area contributed by atoms with E-state index in [4.69, 9.17) is 4.74 Å². The van der Waals surface area contributed by atoms with Crippen LogP contribution in [0.3, 0.4) is 0 Å². The molecule has 3 rings (SSSR count). The predicted octanol–water partition coefficient (Wildman–Crippen LogP) is 0.150. The summed E-state index contributed by atoms with van der Waals surface area (Å²) in [4.78, 5) is 43.5. The van der Waals surface area contributed by atoms with Gasteiger partial charge in [0.05, 0.1) is 23.8 Å². The minimum atomic E-state index is -1.03. The lowest BCUT2D eigenvalue weighted by Crippen LogP contribution is -2.60. The number of nitrogens with one attached hydrogen (secondary N) is 1. The molecule has 1 unspecified atom stereocenters. The molecule has 1 aromatic carbocycles. The van der Waals surface area contributed by atoms with Gasteiger partial charge in [-0.2, -0.15) is 0 Å². The molecule has 0 spiro atoms. The van der Waals surface area contributed by atoms with E-state index in [2.05, 4.69) is 10.3 Å². The van der Waals surface area contributed by atoms with Crippen molar-refractivity contribution in [2.24, 2.45) is 0 Å². The van der Waals surface area contributed by atoms with Gasteiger partial charge in [-0.05, 0) is 25.0 Å². The molecule has 1 aromatic heterocycles. The van der Waals surface area contributed by atoms with Gasteiger partial charge in [-0.25, -0.2) is 4.98 Å². The zero-order valence-corrected chi connectivity index (χ0v) is 14.9. The first-order chi connectivity index (χ1) is 12.5. The molecular weight excluding hydrogens is 336 g/mol. The number of likely N-dealkylation sites (N-methyl/N-ethyl adjacent to an activating group) is 1. The number of amides is 2. The van der Waals surface area contributed by atoms with Crippen molar-refractivity contribution in [2.45, 2.75) is 24.9 Å². The van der Waals surface area contributed by atoms with Crippen molar-refractivity contribution in [3.05, 3.63) is 40.8 Å². The summed E-state index contributed by atoms with van der Waals surface area (Å²) in [7, 11) is 3.05. The molecule has 1 aliphatic rings. The third-order valence-corrected chi connectivity index (χ3v) is 4.87. The van der Waals surface area contributed by atoms with E-state index >= 15 is 0 Å². The highest BCUT2D eigenvalue weighted by molar-refractivity contribution is 5.92. The monoisotopic (exact) mass is 358 g/mol. The second kappa shape index (κ2) is 7.25. The molecule has 0 aliphatic carbocycles. The molecule has 0 radical (unpaired) electrons. The van der Waals surface area contributed by atoms with Crippen LogP contribution in [0.5, 0.6) is 0 Å². The van der Waals surface area contributed by atoms with Crippen LogP contribution < -0.4 is 10.9 Å². The maximum atomic E-state index is 13.0. The number of methoxy groups -OCH3 is 1. The highest BCUT2D eigenvalue weighted by Gasteiger charge is 2.49. The third kappa shape index (κ3) is 2.96. The van der Waals surface area contributed by atoms with Crippen LogP contribution in [0.25, 0.3) is 11.0 Å². The summed E-state index contributed by atoms with van der Waals surface area (Å²) in [5.74, 6) is -0.543. The Morgan fingerprint density at radius 2 is 2.12 bits per heavy atom. The molecule has 1 fully saturated rings. The minimum absolute atomic E-state index is 0.115. The Balaban J connectivity index is 1.96. The first kappa shape index (κ1) is 18.1. The minimum Gasteiger partial charge on any atom is -0.382 e. The fraction of sp³-hybridized carbons (Fsp3) is 0.444. The lowest BCUT2D eigenvalue weighted by molar-refractivity contribution is -0.148. The van der Waals surface area contributed by atoms with Gasteiger partial charge < -0.3 is 15.0 Å². The molecule has 1 atom stereocenters. The van der Waals surface area contributed by atoms with Crippen LogP contribution in [0, 0.1) is 0 Å². The fourth-order valence-corrected chi connectivity index (χ4v) is 3.66. The quantitative estimate of drug-likeness (QED) is 0.821. The van der Waals surface area contributed by atoms with Gasteiger partial charge in [0.2, 0.25) is 11.8 Å². The lowest BCUT2D eigenvalue weighted by Gasteiger charge is -2.36. The lowest BCUT2D eigenvalue weighted by atomic mass is 9.95. The molecule has 2 amide bonds. The average molecular weight is 358 g/mol. The Morgan fingerprint density at radius 3 is 2.85 bits per heavy atom. The van der Waals surface area contributed by atoms with Gasteiger partial charge in [0, 0.05) is 20.7 Å². The average Bonchev–Trinajstić information content (AvgIpc) is 3.08. The fourth-order valence-electron chi connectivity index (χ4n) is 3.66. The summed E-state index contributed by atoms with van der Waals surface area (Å²) in [5, 5.41) is 2.63. The van der Waals surface area contributed by atoms with Crippen LogP contribution >= 0.6 is 0 Å². The molecule has 26 heavy (non-hydrogen) atoms. The number of carbonyl (C=O) groups is 2. The van der Waals surface area contributed by atoms with Crippen LogP contribution in [0.4, 0.5) is 0 Å². The van der Waals surface area contributed by atoms with Gasteiger partial charge in [0.15, 0.2) is 0 Å². The van der Waals surface area contributed by atoms with E-state index in [0.29, 0.717) is 30.4 Å². The number of aromatic nitrogens is 2. The Hall–Kier alpha value is -2.74. The Kier molecular flexibility index (Phi) is 5.03. The van der Waals surface area contributed by atoms with Crippen molar-refractivity contribution in [3.8, 4) is 0 Å². The zero-order chi connectivity index (χ0) is 18.7. The highest BCUT2D eigenvalue weighted by Crippen LogP contribution is 2.30. The summed E-state index contributed by atoms with van der Waals surface area (Å²) in [6, 6.07) is 7.15. The van der Waals surface area contributed by atoms with Crippen LogP contribution in [0.15, 0.2) is 35.3 Å². The second-order valence-electron chi connectivity index (χ2n) is 6.36. The van der Waals surface area contributed by atoms with Crippen LogP contribution in [-0.2, 0) is 20.9 Å². The smallest absolute Gasteiger partial charge is 0.269 e. The van der Waals surface area contributed by atoms with Gasteiger partial charge in [-0.3, -0.25) is 19.0 Å². The van der Waals surface area contributed by atoms with Crippen LogP contribution in [-0.4, -0.2) is 59.1 Å². The molecule has 0 saturated carbocycles. The van der Waals surface area contributed by atoms with E-state index < -0.39 is 5.54 Å². The van der Waals surface area contributed by atoms with Gasteiger partial charge in [-0.1, -0.05) is 12.1 Å². The van der Waals surface area contributed by atoms with Gasteiger partial charge in [-0.15, -0.1) is 0 Å². The molecular formula is C18H22N4O4. The van der Waals surface area contributed by atoms with Crippen LogP contribution in [0.1, 0.15) is 12.8 Å². The van der Waals surface area contributed by atoms with E-state index in [1.165, 1.54) is 22.8 Å². The van der Waals surface area contributed by atoms with Crippen molar-refractivity contribution in [2.75, 3.05) is 27.3 Å². The molecule has 2 heterocycles. The molecule has 138 valence electrons. The van der Waals surface area contributed by atoms with Gasteiger partial charge >= 0.3 is 0 Å². The number of likely N-dealkylation sites (tertiary alicyclic amines) is 1. The van der Waals surface area contributed by atoms with Crippen molar-refractivity contribution < 1.29 is 14.3 Å². The van der Waals surface area contributed by atoms with Gasteiger partial charge in [0.1, 0.15) is 12.1 Å². The van der Waals surface area contributed by atoms with E-state index in [1.807, 2.05) is 6.07 Å². The topological polar surface area (TPSA) is 93.5 Å². The van der Waals surface area contributed by atoms with E-state index in [9.17, 15) is 14.4 Å². The molecule has 1 aliphatic heterocycles. The molecule has 2 aromatic rings. The van der Waals surface area contributed by atoms with Crippen LogP contribution in [0.2, 0.25) is 0 Å². The van der Waals surface area contributed by atoms with Crippen molar-refractivity contribution in [3.63, 3.8) is 0 Å². The molecule has 1 N–H and O–H groups in total. The Labute approximate surface area is 150 Å². The highest BCUT2D eigenvalue weighted by atomic mass is 16.5. The largest absolute Gasteiger partial charge is 0.382 e. The number of hydrogen-bond donors (Lipinski definition) is 1. The summed E-state index contributed by atoms with van der Waals surface area (Å²) in [5.41, 5.74) is -0.165.